The molecule has 15 heavy (non-hydrogen) atoms. The molecule has 0 bridgehead atoms. The quantitative estimate of drug-likeness (QED) is 0.575. The number of nitrogens with one attached hydrogen (secondary N) is 1. The number of carboxylic acid groups (broad SMARTS) is 1. The van der Waals surface area contributed by atoms with Gasteiger partial charge in [0.05, 0.1) is 12.8 Å². The van der Waals surface area contributed by atoms with Gasteiger partial charge in [0.25, 0.3) is 5.97 Å². The van der Waals surface area contributed by atoms with Crippen LogP contribution >= 0.6 is 0 Å². The Morgan fingerprint density at radius 3 is 2.47 bits per heavy atom. The molecular weight excluding hydrogens is 200 g/mol. The minimum Gasteiger partial charge on any atom is -0.481 e. The van der Waals surface area contributed by atoms with Crippen molar-refractivity contribution >= 4 is 5.97 Å². The van der Waals surface area contributed by atoms with Crippen molar-refractivity contribution in [3.8, 4) is 6.07 Å². The molecule has 1 unspecified atom stereocenters. The van der Waals surface area contributed by atoms with Gasteiger partial charge in [-0.25, -0.2) is 0 Å². The summed E-state index contributed by atoms with van der Waals surface area (Å²) < 4.78 is 5.12. The van der Waals surface area contributed by atoms with Crippen LogP contribution in [0.4, 0.5) is 0 Å². The number of hydrogen-bond donors (Lipinski definition) is 3. The molecule has 1 heterocycles. The topological polar surface area (TPSA) is 103 Å². The zero-order valence-corrected chi connectivity index (χ0v) is 9.06. The molecule has 0 aliphatic carbocycles. The summed E-state index contributed by atoms with van der Waals surface area (Å²) in [5, 5.41) is 25.8. The molecule has 0 aromatic carbocycles. The Morgan fingerprint density at radius 1 is 1.73 bits per heavy atom. The van der Waals surface area contributed by atoms with Crippen molar-refractivity contribution in [1.29, 1.82) is 5.26 Å². The lowest BCUT2D eigenvalue weighted by Gasteiger charge is -2.06. The van der Waals surface area contributed by atoms with Crippen LogP contribution in [0.1, 0.15) is 26.7 Å². The van der Waals surface area contributed by atoms with Crippen molar-refractivity contribution in [3.05, 3.63) is 0 Å². The number of rotatable bonds is 2. The van der Waals surface area contributed by atoms with E-state index in [-0.39, 0.29) is 13.0 Å². The van der Waals surface area contributed by atoms with E-state index in [0.717, 1.165) is 26.4 Å². The van der Waals surface area contributed by atoms with Crippen LogP contribution in [0.5, 0.6) is 0 Å². The molecule has 88 valence electrons. The van der Waals surface area contributed by atoms with Gasteiger partial charge in [-0.15, -0.1) is 0 Å². The van der Waals surface area contributed by atoms with E-state index in [0.29, 0.717) is 0 Å². The molecule has 0 saturated carbocycles. The van der Waals surface area contributed by atoms with E-state index < -0.39 is 5.97 Å². The first-order chi connectivity index (χ1) is 7.08. The van der Waals surface area contributed by atoms with Gasteiger partial charge in [-0.05, 0) is 12.8 Å². The Labute approximate surface area is 89.5 Å². The fraction of sp³-hybridized carbons (Fsp3) is 0.778. The highest BCUT2D eigenvalue weighted by molar-refractivity contribution is 5.62. The van der Waals surface area contributed by atoms with Crippen molar-refractivity contribution < 1.29 is 19.7 Å². The lowest BCUT2D eigenvalue weighted by Crippen LogP contribution is -2.28. The monoisotopic (exact) mass is 218 g/mol. The van der Waals surface area contributed by atoms with Gasteiger partial charge >= 0.3 is 0 Å². The first-order valence-corrected chi connectivity index (χ1v) is 4.54. The molecule has 1 fully saturated rings. The summed E-state index contributed by atoms with van der Waals surface area (Å²) in [4.78, 5) is 9.00. The first kappa shape index (κ1) is 16.3. The van der Waals surface area contributed by atoms with Gasteiger partial charge < -0.3 is 14.9 Å². The standard InChI is InChI=1S/C5H11NO2.C2H3N.C2H4O2/c7-4-6-5-2-1-3-8-5;1-2-3;1-2(3)4/h5-7H,1-4H2;1H3;1H3,(H,3,4). The number of nitrogens with zero attached hydrogens (tertiary/aromatic N) is 1. The third-order valence-electron chi connectivity index (χ3n) is 1.25. The lowest BCUT2D eigenvalue weighted by atomic mass is 10.3. The Kier molecular flexibility index (Phi) is 13.9. The summed E-state index contributed by atoms with van der Waals surface area (Å²) in [6.07, 6.45) is 2.25. The molecule has 1 saturated heterocycles. The maximum Gasteiger partial charge on any atom is 0.300 e. The van der Waals surface area contributed by atoms with Crippen LogP contribution in [0.25, 0.3) is 0 Å². The second-order valence-electron chi connectivity index (χ2n) is 2.61. The third kappa shape index (κ3) is 19.3. The Bertz CT molecular complexity index is 181. The summed E-state index contributed by atoms with van der Waals surface area (Å²) in [5.74, 6) is -0.833. The summed E-state index contributed by atoms with van der Waals surface area (Å²) in [7, 11) is 0. The average molecular weight is 218 g/mol. The number of aliphatic hydroxyl groups is 1. The largest absolute Gasteiger partial charge is 0.481 e. The summed E-state index contributed by atoms with van der Waals surface area (Å²) >= 11 is 0. The number of carbonyl (C=O) groups is 1. The highest BCUT2D eigenvalue weighted by Gasteiger charge is 2.12. The van der Waals surface area contributed by atoms with Crippen LogP contribution in [-0.2, 0) is 9.53 Å². The van der Waals surface area contributed by atoms with E-state index in [2.05, 4.69) is 5.32 Å². The number of hydrogen-bond acceptors (Lipinski definition) is 5. The van der Waals surface area contributed by atoms with Gasteiger partial charge in [-0.2, -0.15) is 5.26 Å². The molecular formula is C9H18N2O4. The fourth-order valence-corrected chi connectivity index (χ4v) is 0.840. The predicted octanol–water partition coefficient (Wildman–Crippen LogP) is 0.283. The van der Waals surface area contributed by atoms with Gasteiger partial charge in [0.15, 0.2) is 0 Å². The number of nitriles is 1. The second kappa shape index (κ2) is 12.8. The summed E-state index contributed by atoms with van der Waals surface area (Å²) in [5.41, 5.74) is 0. The maximum absolute atomic E-state index is 9.00. The van der Waals surface area contributed by atoms with Crippen molar-refractivity contribution in [2.45, 2.75) is 32.9 Å². The fourth-order valence-electron chi connectivity index (χ4n) is 0.840. The normalized spacial score (nSPS) is 17.6. The minimum atomic E-state index is -0.833. The molecule has 6 heteroatoms. The van der Waals surface area contributed by atoms with Gasteiger partial charge in [0, 0.05) is 20.5 Å². The lowest BCUT2D eigenvalue weighted by molar-refractivity contribution is -0.134. The van der Waals surface area contributed by atoms with Gasteiger partial charge in [-0.3, -0.25) is 10.1 Å². The van der Waals surface area contributed by atoms with Crippen LogP contribution < -0.4 is 5.32 Å². The summed E-state index contributed by atoms with van der Waals surface area (Å²) in [6, 6.07) is 1.75. The van der Waals surface area contributed by atoms with Crippen LogP contribution in [0.2, 0.25) is 0 Å². The average Bonchev–Trinajstić information content (AvgIpc) is 2.57. The minimum absolute atomic E-state index is 0.0185. The van der Waals surface area contributed by atoms with Crippen molar-refractivity contribution in [2.75, 3.05) is 13.3 Å². The van der Waals surface area contributed by atoms with E-state index in [9.17, 15) is 0 Å². The van der Waals surface area contributed by atoms with Gasteiger partial charge in [0.1, 0.15) is 6.23 Å². The van der Waals surface area contributed by atoms with E-state index in [4.69, 9.17) is 25.0 Å². The van der Waals surface area contributed by atoms with Crippen LogP contribution in [0, 0.1) is 11.3 Å². The SMILES string of the molecule is CC#N.CC(=O)O.OCNC1CCCO1. The highest BCUT2D eigenvalue weighted by Crippen LogP contribution is 2.07. The van der Waals surface area contributed by atoms with Gasteiger partial charge in [-0.1, -0.05) is 0 Å². The summed E-state index contributed by atoms with van der Waals surface area (Å²) in [6.45, 7) is 3.36. The van der Waals surface area contributed by atoms with Crippen LogP contribution in [0.15, 0.2) is 0 Å². The smallest absolute Gasteiger partial charge is 0.300 e. The number of carboxylic acids is 1. The molecule has 0 amide bonds. The molecule has 1 aliphatic heterocycles. The van der Waals surface area contributed by atoms with Crippen molar-refractivity contribution in [1.82, 2.24) is 5.32 Å². The molecule has 1 atom stereocenters. The molecule has 0 aromatic rings. The second-order valence-corrected chi connectivity index (χ2v) is 2.61. The van der Waals surface area contributed by atoms with E-state index in [1.807, 2.05) is 0 Å². The molecule has 1 rings (SSSR count). The van der Waals surface area contributed by atoms with Crippen LogP contribution in [0.3, 0.4) is 0 Å². The van der Waals surface area contributed by atoms with Crippen LogP contribution in [-0.4, -0.2) is 35.7 Å². The molecule has 0 spiro atoms. The number of aliphatic hydroxyl groups excluding tert-OH is 1. The Hall–Kier alpha value is -1.16. The van der Waals surface area contributed by atoms with E-state index in [1.165, 1.54) is 6.92 Å². The molecule has 6 nitrogen and oxygen atoms in total. The third-order valence-corrected chi connectivity index (χ3v) is 1.25. The zero-order chi connectivity index (χ0) is 12.1. The first-order valence-electron chi connectivity index (χ1n) is 4.54. The highest BCUT2D eigenvalue weighted by atomic mass is 16.5. The van der Waals surface area contributed by atoms with Crippen molar-refractivity contribution in [2.24, 2.45) is 0 Å². The molecule has 0 radical (unpaired) electrons. The zero-order valence-electron chi connectivity index (χ0n) is 9.06. The number of aliphatic carboxylic acids is 1. The Morgan fingerprint density at radius 2 is 2.20 bits per heavy atom. The number of ether oxygens (including phenoxy) is 1. The predicted molar refractivity (Wildman–Crippen MR) is 53.8 cm³/mol. The maximum atomic E-state index is 9.00. The van der Waals surface area contributed by atoms with E-state index >= 15 is 0 Å². The van der Waals surface area contributed by atoms with E-state index in [1.54, 1.807) is 6.07 Å². The molecule has 0 aromatic heterocycles. The van der Waals surface area contributed by atoms with Gasteiger partial charge in [0.2, 0.25) is 0 Å². The van der Waals surface area contributed by atoms with Crippen molar-refractivity contribution in [3.63, 3.8) is 0 Å². The molecule has 3 N–H and O–H groups in total. The molecule has 1 aliphatic rings. The Balaban J connectivity index is 0.